The predicted molar refractivity (Wildman–Crippen MR) is 121 cm³/mol. The van der Waals surface area contributed by atoms with E-state index in [4.69, 9.17) is 15.3 Å². The van der Waals surface area contributed by atoms with Crippen LogP contribution >= 0.6 is 0 Å². The van der Waals surface area contributed by atoms with E-state index < -0.39 is 24.6 Å². The van der Waals surface area contributed by atoms with Crippen LogP contribution in [0.1, 0.15) is 71.1 Å². The minimum absolute atomic E-state index is 0.193. The number of hydrogen-bond donors (Lipinski definition) is 3. The van der Waals surface area contributed by atoms with E-state index in [1.54, 1.807) is 0 Å². The van der Waals surface area contributed by atoms with Gasteiger partial charge in [0, 0.05) is 12.5 Å². The number of carboxylic acids is 1. The molecular formula is C24H40O6. The van der Waals surface area contributed by atoms with Crippen LogP contribution in [-0.4, -0.2) is 46.6 Å². The zero-order valence-corrected chi connectivity index (χ0v) is 18.4. The first kappa shape index (κ1) is 30.0. The second-order valence-corrected chi connectivity index (χ2v) is 6.75. The highest BCUT2D eigenvalue weighted by atomic mass is 16.5. The number of carboxylic acid groups (broad SMARTS) is 1. The number of aliphatic carboxylic acids is 1. The third-order valence-electron chi connectivity index (χ3n) is 3.89. The number of aliphatic hydroxyl groups excluding tert-OH is 2. The van der Waals surface area contributed by atoms with Gasteiger partial charge < -0.3 is 20.1 Å². The Hall–Kier alpha value is -2.18. The Bertz CT molecular complexity index is 508. The summed E-state index contributed by atoms with van der Waals surface area (Å²) in [4.78, 5) is 20.6. The van der Waals surface area contributed by atoms with Crippen LogP contribution in [0, 0.1) is 0 Å². The summed E-state index contributed by atoms with van der Waals surface area (Å²) in [6.45, 7) is 4.75. The van der Waals surface area contributed by atoms with Gasteiger partial charge in [0.25, 0.3) is 0 Å². The number of carbonyl (C=O) groups excluding carboxylic acids is 1. The number of ether oxygens (including phenoxy) is 1. The second-order valence-electron chi connectivity index (χ2n) is 6.75. The molecule has 3 N–H and O–H groups in total. The summed E-state index contributed by atoms with van der Waals surface area (Å²) in [5.41, 5.74) is 0. The third-order valence-corrected chi connectivity index (χ3v) is 3.89. The first-order valence-electron chi connectivity index (χ1n) is 10.8. The zero-order valence-electron chi connectivity index (χ0n) is 18.4. The van der Waals surface area contributed by atoms with E-state index in [1.807, 2.05) is 0 Å². The lowest BCUT2D eigenvalue weighted by molar-refractivity contribution is -0.141. The third kappa shape index (κ3) is 28.0. The van der Waals surface area contributed by atoms with Crippen molar-refractivity contribution in [2.75, 3.05) is 13.2 Å². The molecule has 0 amide bonds. The van der Waals surface area contributed by atoms with Gasteiger partial charge in [-0.05, 0) is 25.7 Å². The van der Waals surface area contributed by atoms with Gasteiger partial charge in [0.1, 0.15) is 12.7 Å². The predicted octanol–water partition coefficient (Wildman–Crippen LogP) is 4.73. The number of rotatable bonds is 17. The Morgan fingerprint density at radius 2 is 1.50 bits per heavy atom. The Kier molecular flexibility index (Phi) is 24.9. The van der Waals surface area contributed by atoms with Crippen molar-refractivity contribution in [3.63, 3.8) is 0 Å². The second kappa shape index (κ2) is 24.9. The molecule has 0 aromatic rings. The van der Waals surface area contributed by atoms with Crippen molar-refractivity contribution in [3.8, 4) is 0 Å². The average Bonchev–Trinajstić information content (AvgIpc) is 2.74. The molecule has 0 aliphatic heterocycles. The molecule has 1 unspecified atom stereocenters. The number of allylic oxidation sites excluding steroid dienone is 6. The van der Waals surface area contributed by atoms with Crippen LogP contribution < -0.4 is 0 Å². The molecule has 0 saturated heterocycles. The largest absolute Gasteiger partial charge is 0.481 e. The minimum atomic E-state index is -0.996. The van der Waals surface area contributed by atoms with Crippen LogP contribution in [0.3, 0.4) is 0 Å². The Labute approximate surface area is 181 Å². The molecule has 0 aromatic carbocycles. The normalized spacial score (nSPS) is 12.1. The fraction of sp³-hybridized carbons (Fsp3) is 0.583. The van der Waals surface area contributed by atoms with E-state index in [0.717, 1.165) is 31.8 Å². The van der Waals surface area contributed by atoms with E-state index >= 15 is 0 Å². The molecule has 0 saturated carbocycles. The van der Waals surface area contributed by atoms with Gasteiger partial charge in [-0.1, -0.05) is 82.1 Å². The standard InChI is InChI=1S/C18H30O2.C6H10O4/c1-2-3-4-5-6-7-8-9-10-11-12-13-14-15-16-17-18(19)20;1-2-6(9)10-4-5(8)3-7/h5-10H,2-4,11-17H2,1H3,(H,19,20);2,5,7-8H,1,3-4H2. The quantitative estimate of drug-likeness (QED) is 0.135. The van der Waals surface area contributed by atoms with Gasteiger partial charge in [0.15, 0.2) is 0 Å². The van der Waals surface area contributed by atoms with Crippen molar-refractivity contribution >= 4 is 11.9 Å². The molecule has 1 atom stereocenters. The fourth-order valence-electron chi connectivity index (χ4n) is 2.16. The first-order valence-corrected chi connectivity index (χ1v) is 10.8. The van der Waals surface area contributed by atoms with Crippen molar-refractivity contribution in [2.45, 2.75) is 77.2 Å². The topological polar surface area (TPSA) is 104 Å². The van der Waals surface area contributed by atoms with Crippen molar-refractivity contribution in [1.29, 1.82) is 0 Å². The van der Waals surface area contributed by atoms with Gasteiger partial charge >= 0.3 is 11.9 Å². The van der Waals surface area contributed by atoms with Gasteiger partial charge in [0.05, 0.1) is 6.61 Å². The summed E-state index contributed by atoms with van der Waals surface area (Å²) in [6, 6.07) is 0. The molecule has 0 heterocycles. The number of hydrogen-bond acceptors (Lipinski definition) is 5. The molecule has 172 valence electrons. The Morgan fingerprint density at radius 1 is 0.933 bits per heavy atom. The van der Waals surface area contributed by atoms with Gasteiger partial charge in [-0.25, -0.2) is 4.79 Å². The maximum absolute atomic E-state index is 10.3. The maximum Gasteiger partial charge on any atom is 0.330 e. The Balaban J connectivity index is 0. The Morgan fingerprint density at radius 3 is 2.03 bits per heavy atom. The summed E-state index contributed by atoms with van der Waals surface area (Å²) in [7, 11) is 0. The lowest BCUT2D eigenvalue weighted by Crippen LogP contribution is -2.21. The van der Waals surface area contributed by atoms with Gasteiger partial charge in [0.2, 0.25) is 0 Å². The van der Waals surface area contributed by atoms with Crippen LogP contribution in [0.4, 0.5) is 0 Å². The summed E-state index contributed by atoms with van der Waals surface area (Å²) in [6.07, 6.45) is 23.3. The highest BCUT2D eigenvalue weighted by Gasteiger charge is 2.03. The van der Waals surface area contributed by atoms with Gasteiger partial charge in [-0.3, -0.25) is 4.79 Å². The van der Waals surface area contributed by atoms with Crippen LogP contribution in [0.2, 0.25) is 0 Å². The van der Waals surface area contributed by atoms with E-state index in [9.17, 15) is 9.59 Å². The average molecular weight is 425 g/mol. The van der Waals surface area contributed by atoms with Crippen molar-refractivity contribution < 1.29 is 29.6 Å². The van der Waals surface area contributed by atoms with Gasteiger partial charge in [-0.2, -0.15) is 0 Å². The van der Waals surface area contributed by atoms with Gasteiger partial charge in [-0.15, -0.1) is 0 Å². The van der Waals surface area contributed by atoms with Crippen LogP contribution in [0.15, 0.2) is 49.1 Å². The molecule has 6 nitrogen and oxygen atoms in total. The zero-order chi connectivity index (χ0) is 22.9. The molecule has 0 spiro atoms. The molecule has 30 heavy (non-hydrogen) atoms. The summed E-state index contributed by atoms with van der Waals surface area (Å²) in [5, 5.41) is 25.4. The molecule has 0 radical (unpaired) electrons. The number of aliphatic hydroxyl groups is 2. The lowest BCUT2D eigenvalue weighted by atomic mass is 10.1. The number of esters is 1. The van der Waals surface area contributed by atoms with Crippen LogP contribution in [-0.2, 0) is 14.3 Å². The highest BCUT2D eigenvalue weighted by Crippen LogP contribution is 2.07. The highest BCUT2D eigenvalue weighted by molar-refractivity contribution is 5.81. The number of unbranched alkanes of at least 4 members (excludes halogenated alkanes) is 7. The maximum atomic E-state index is 10.3. The SMILES string of the molecule is C=CC(=O)OCC(O)CO.CCCCC=CC=CC=CCCCCCCCC(=O)O. The van der Waals surface area contributed by atoms with E-state index in [1.165, 1.54) is 32.1 Å². The summed E-state index contributed by atoms with van der Waals surface area (Å²) in [5.74, 6) is -1.28. The van der Waals surface area contributed by atoms with E-state index in [2.05, 4.69) is 54.7 Å². The van der Waals surface area contributed by atoms with Crippen LogP contribution in [0.5, 0.6) is 0 Å². The molecule has 0 rings (SSSR count). The fourth-order valence-corrected chi connectivity index (χ4v) is 2.16. The number of carbonyl (C=O) groups is 2. The van der Waals surface area contributed by atoms with Crippen LogP contribution in [0.25, 0.3) is 0 Å². The monoisotopic (exact) mass is 424 g/mol. The van der Waals surface area contributed by atoms with Crippen molar-refractivity contribution in [1.82, 2.24) is 0 Å². The summed E-state index contributed by atoms with van der Waals surface area (Å²) < 4.78 is 4.38. The molecular weight excluding hydrogens is 384 g/mol. The van der Waals surface area contributed by atoms with Crippen molar-refractivity contribution in [3.05, 3.63) is 49.1 Å². The molecule has 6 heteroatoms. The molecule has 0 aliphatic rings. The molecule has 0 fully saturated rings. The summed E-state index contributed by atoms with van der Waals surface area (Å²) >= 11 is 0. The molecule has 0 aromatic heterocycles. The smallest absolute Gasteiger partial charge is 0.330 e. The van der Waals surface area contributed by atoms with E-state index in [-0.39, 0.29) is 6.61 Å². The van der Waals surface area contributed by atoms with E-state index in [0.29, 0.717) is 6.42 Å². The first-order chi connectivity index (χ1) is 14.5. The minimum Gasteiger partial charge on any atom is -0.481 e. The van der Waals surface area contributed by atoms with Crippen molar-refractivity contribution in [2.24, 2.45) is 0 Å². The molecule has 0 bridgehead atoms. The lowest BCUT2D eigenvalue weighted by Gasteiger charge is -2.05. The molecule has 0 aliphatic carbocycles.